The van der Waals surface area contributed by atoms with Crippen LogP contribution in [0.15, 0.2) is 60.7 Å². The lowest BCUT2D eigenvalue weighted by atomic mass is 9.72. The number of ether oxygens (including phenoxy) is 6. The molecule has 3 aliphatic rings. The van der Waals surface area contributed by atoms with Crippen LogP contribution in [0.4, 0.5) is 21.0 Å². The van der Waals surface area contributed by atoms with E-state index in [9.17, 15) is 59.6 Å². The van der Waals surface area contributed by atoms with Gasteiger partial charge >= 0.3 is 12.2 Å². The number of Topliss-reactive ketones (excluding diaryl/α,β-unsaturated/α-hetero) is 1. The summed E-state index contributed by atoms with van der Waals surface area (Å²) in [6, 6.07) is 13.2. The van der Waals surface area contributed by atoms with E-state index in [4.69, 9.17) is 28.4 Å². The molecule has 7 N–H and O–H groups in total. The Bertz CT molecular complexity index is 2580. The number of carbonyl (C=O) groups is 5. The van der Waals surface area contributed by atoms with Gasteiger partial charge in [0, 0.05) is 53.3 Å². The summed E-state index contributed by atoms with van der Waals surface area (Å²) >= 11 is 0. The van der Waals surface area contributed by atoms with Gasteiger partial charge in [0.2, 0.25) is 5.78 Å². The lowest BCUT2D eigenvalue weighted by Crippen LogP contribution is -2.56. The molecule has 4 aromatic rings. The summed E-state index contributed by atoms with van der Waals surface area (Å²) in [7, 11) is 2.61. The van der Waals surface area contributed by atoms with E-state index in [-0.39, 0.29) is 59.1 Å². The van der Waals surface area contributed by atoms with Gasteiger partial charge in [-0.3, -0.25) is 29.8 Å². The van der Waals surface area contributed by atoms with Crippen LogP contribution in [-0.4, -0.2) is 111 Å². The number of aliphatic hydroxyl groups excluding tert-OH is 2. The predicted molar refractivity (Wildman–Crippen MR) is 221 cm³/mol. The monoisotopic (exact) mass is 901 g/mol. The maximum Gasteiger partial charge on any atom is 0.411 e. The molecule has 0 spiro atoms. The van der Waals surface area contributed by atoms with Gasteiger partial charge in [-0.1, -0.05) is 24.3 Å². The molecule has 1 saturated heterocycles. The van der Waals surface area contributed by atoms with Crippen LogP contribution in [-0.2, 0) is 43.4 Å². The number of nitrogens with zero attached hydrogens (tertiary/aromatic N) is 1. The van der Waals surface area contributed by atoms with Crippen molar-refractivity contribution >= 4 is 40.9 Å². The number of nitro groups is 1. The summed E-state index contributed by atoms with van der Waals surface area (Å²) < 4.78 is 33.2. The van der Waals surface area contributed by atoms with E-state index in [0.29, 0.717) is 16.8 Å². The number of carbonyl (C=O) groups excluding carboxylic acids is 5. The maximum absolute atomic E-state index is 14.0. The number of phenolic OH excluding ortho intramolecular Hbond substituents is 2. The predicted octanol–water partition coefficient (Wildman–Crippen LogP) is 3.63. The van der Waals surface area contributed by atoms with Gasteiger partial charge < -0.3 is 59.3 Å². The number of phenols is 2. The van der Waals surface area contributed by atoms with Crippen molar-refractivity contribution in [1.82, 2.24) is 5.32 Å². The average molecular weight is 902 g/mol. The lowest BCUT2D eigenvalue weighted by Gasteiger charge is -2.42. The lowest BCUT2D eigenvalue weighted by molar-refractivity contribution is -0.384. The molecule has 0 radical (unpaired) electrons. The minimum absolute atomic E-state index is 0.0340. The van der Waals surface area contributed by atoms with Crippen molar-refractivity contribution in [3.05, 3.63) is 115 Å². The molecule has 1 fully saturated rings. The number of anilines is 1. The Morgan fingerprint density at radius 2 is 1.60 bits per heavy atom. The number of fused-ring (bicyclic) bond motifs is 3. The topological polar surface area (TPSA) is 309 Å². The highest BCUT2D eigenvalue weighted by atomic mass is 16.7. The van der Waals surface area contributed by atoms with Crippen LogP contribution in [0, 0.1) is 10.1 Å². The van der Waals surface area contributed by atoms with Gasteiger partial charge in [0.1, 0.15) is 54.5 Å². The summed E-state index contributed by atoms with van der Waals surface area (Å²) in [5.41, 5.74) is -3.26. The molecule has 0 saturated carbocycles. The fourth-order valence-electron chi connectivity index (χ4n) is 8.15. The van der Waals surface area contributed by atoms with E-state index < -0.39 is 113 Å². The van der Waals surface area contributed by atoms with Crippen LogP contribution >= 0.6 is 0 Å². The van der Waals surface area contributed by atoms with Crippen LogP contribution in [0.1, 0.15) is 80.0 Å². The Labute approximate surface area is 368 Å². The van der Waals surface area contributed by atoms with E-state index in [0.717, 1.165) is 0 Å². The molecule has 342 valence electrons. The molecule has 4 aromatic carbocycles. The smallest absolute Gasteiger partial charge is 0.411 e. The van der Waals surface area contributed by atoms with Gasteiger partial charge in [0.25, 0.3) is 5.69 Å². The van der Waals surface area contributed by atoms with Gasteiger partial charge in [-0.2, -0.15) is 0 Å². The summed E-state index contributed by atoms with van der Waals surface area (Å²) in [5.74, 6) is -4.11. The van der Waals surface area contributed by atoms with Gasteiger partial charge in [0.05, 0.1) is 60.1 Å². The number of hydrogen-bond acceptors (Lipinski definition) is 18. The second-order valence-corrected chi connectivity index (χ2v) is 15.5. The Kier molecular flexibility index (Phi) is 13.1. The Balaban J connectivity index is 1.01. The number of nitrogens with one attached hydrogen (secondary N) is 2. The summed E-state index contributed by atoms with van der Waals surface area (Å²) in [4.78, 5) is 76.7. The van der Waals surface area contributed by atoms with E-state index in [1.807, 2.05) is 0 Å². The number of ketones is 3. The first kappa shape index (κ1) is 45.8. The fraction of sp³-hybridized carbons (Fsp3) is 0.341. The number of amides is 2. The molecule has 1 aliphatic heterocycles. The third-order valence-electron chi connectivity index (χ3n) is 11.5. The average Bonchev–Trinajstić information content (AvgIpc) is 3.29. The van der Waals surface area contributed by atoms with Gasteiger partial charge in [-0.25, -0.2) is 9.59 Å². The Morgan fingerprint density at radius 3 is 2.28 bits per heavy atom. The number of aliphatic hydroxyl groups is 3. The number of nitro benzene ring substituents is 1. The number of hydrogen-bond donors (Lipinski definition) is 7. The summed E-state index contributed by atoms with van der Waals surface area (Å²) in [5, 5.41) is 71.9. The van der Waals surface area contributed by atoms with E-state index in [2.05, 4.69) is 10.6 Å². The first-order valence-corrected chi connectivity index (χ1v) is 20.0. The maximum atomic E-state index is 14.0. The quantitative estimate of drug-likeness (QED) is 0.0504. The number of non-ortho nitro benzene ring substituents is 1. The Hall–Kier alpha value is -7.17. The van der Waals surface area contributed by atoms with Crippen molar-refractivity contribution in [1.29, 1.82) is 0 Å². The molecule has 0 bridgehead atoms. The standard InChI is InChI=1S/C44H43N3O18/c1-20-37(50)27(46-43(56)62-18-21-7-10-23(11-8-21)45-42(55)63-19-22-9-12-24(47(58)59)13-29(22)61-3)14-32(64-20)65-30-16-44(57,31(49)17-48)15-26-34(30)41(54)36-35(39(26)52)38(51)25-5-4-6-28(60-2)33(25)40(36)53/h4-13,20,27,30,32,37,48,50,52,54,57H,14-19H2,1-3H3,(H,45,55)(H,46,56)/t20-,27-,30-,32-,37+,44-/m0/s1. The minimum Gasteiger partial charge on any atom is -0.507 e. The summed E-state index contributed by atoms with van der Waals surface area (Å²) in [6.45, 7) is -0.115. The molecular formula is C44H43N3O18. The van der Waals surface area contributed by atoms with Crippen LogP contribution in [0.3, 0.4) is 0 Å². The van der Waals surface area contributed by atoms with Crippen LogP contribution in [0.25, 0.3) is 0 Å². The van der Waals surface area contributed by atoms with Gasteiger partial charge in [-0.05, 0) is 36.8 Å². The number of aromatic hydroxyl groups is 2. The molecule has 21 nitrogen and oxygen atoms in total. The highest BCUT2D eigenvalue weighted by Gasteiger charge is 2.50. The number of methoxy groups -OCH3 is 2. The molecule has 0 unspecified atom stereocenters. The van der Waals surface area contributed by atoms with Crippen molar-refractivity contribution in [2.75, 3.05) is 26.1 Å². The number of rotatable bonds is 13. The van der Waals surface area contributed by atoms with E-state index >= 15 is 0 Å². The summed E-state index contributed by atoms with van der Waals surface area (Å²) in [6.07, 6.45) is -8.49. The molecule has 2 aliphatic carbocycles. The number of benzene rings is 4. The SMILES string of the molecule is COc1cc([N+](=O)[O-])ccc1COC(=O)Nc1ccc(COC(=O)N[C@H]2C[C@H](O[C@H]3C[C@](O)(C(=O)CO)Cc4c(O)c5c(c(O)c43)C(=O)c3c(OC)cccc3C5=O)O[C@@H](C)[C@H]2O)cc1. The fourth-order valence-corrected chi connectivity index (χ4v) is 8.15. The van der Waals surface area contributed by atoms with Gasteiger partial charge in [0.15, 0.2) is 17.9 Å². The van der Waals surface area contributed by atoms with Crippen LogP contribution in [0.2, 0.25) is 0 Å². The van der Waals surface area contributed by atoms with Crippen molar-refractivity contribution in [3.63, 3.8) is 0 Å². The van der Waals surface area contributed by atoms with Crippen molar-refractivity contribution in [3.8, 4) is 23.0 Å². The van der Waals surface area contributed by atoms with Crippen molar-refractivity contribution in [2.24, 2.45) is 0 Å². The zero-order valence-electron chi connectivity index (χ0n) is 34.9. The minimum atomic E-state index is -2.39. The molecule has 2 amide bonds. The molecule has 1 heterocycles. The highest BCUT2D eigenvalue weighted by Crippen LogP contribution is 2.52. The second kappa shape index (κ2) is 18.5. The zero-order chi connectivity index (χ0) is 46.9. The number of alkyl carbamates (subject to hydrolysis) is 1. The van der Waals surface area contributed by atoms with Crippen LogP contribution < -0.4 is 20.1 Å². The molecule has 6 atom stereocenters. The Morgan fingerprint density at radius 1 is 0.908 bits per heavy atom. The zero-order valence-corrected chi connectivity index (χ0v) is 34.9. The van der Waals surface area contributed by atoms with E-state index in [1.54, 1.807) is 12.1 Å². The van der Waals surface area contributed by atoms with Crippen molar-refractivity contribution in [2.45, 2.75) is 75.6 Å². The molecule has 0 aromatic heterocycles. The molecule has 21 heteroatoms. The highest BCUT2D eigenvalue weighted by molar-refractivity contribution is 6.31. The third kappa shape index (κ3) is 8.99. The third-order valence-corrected chi connectivity index (χ3v) is 11.5. The normalized spacial score (nSPS) is 22.1. The van der Waals surface area contributed by atoms with Gasteiger partial charge in [-0.15, -0.1) is 0 Å². The van der Waals surface area contributed by atoms with E-state index in [1.165, 1.54) is 69.7 Å². The molecular weight excluding hydrogens is 858 g/mol. The first-order valence-electron chi connectivity index (χ1n) is 20.0. The second-order valence-electron chi connectivity index (χ2n) is 15.5. The first-order chi connectivity index (χ1) is 31.0. The largest absolute Gasteiger partial charge is 0.507 e. The molecule has 65 heavy (non-hydrogen) atoms. The van der Waals surface area contributed by atoms with Crippen molar-refractivity contribution < 1.29 is 82.8 Å². The molecule has 7 rings (SSSR count). The van der Waals surface area contributed by atoms with Crippen LogP contribution in [0.5, 0.6) is 23.0 Å².